The Balaban J connectivity index is 2.11. The molecule has 0 aliphatic carbocycles. The van der Waals surface area contributed by atoms with Gasteiger partial charge in [0.25, 0.3) is 0 Å². The van der Waals surface area contributed by atoms with Gasteiger partial charge >= 0.3 is 12.1 Å². The summed E-state index contributed by atoms with van der Waals surface area (Å²) in [6.45, 7) is 7.47. The molecule has 29 heavy (non-hydrogen) atoms. The first-order valence-corrected chi connectivity index (χ1v) is 9.72. The SMILES string of the molecule is CO[C@H]1COCC[C@H](NC(=O)OC(C)(C)C)C(=O)O[C@@H](C)[C@@H]1Oc1ccccc1. The second-order valence-electron chi connectivity index (χ2n) is 7.87. The molecular weight excluding hydrogens is 378 g/mol. The number of esters is 1. The van der Waals surface area contributed by atoms with E-state index in [2.05, 4.69) is 5.32 Å². The smallest absolute Gasteiger partial charge is 0.408 e. The van der Waals surface area contributed by atoms with Gasteiger partial charge in [0.15, 0.2) is 6.10 Å². The molecule has 0 unspecified atom stereocenters. The van der Waals surface area contributed by atoms with Crippen LogP contribution in [-0.4, -0.2) is 62.3 Å². The number of alkyl carbamates (subject to hydrolysis) is 1. The van der Waals surface area contributed by atoms with Crippen molar-refractivity contribution in [3.05, 3.63) is 30.3 Å². The standard InChI is InChI=1S/C21H31NO7/c1-14-18(28-15-9-7-6-8-10-15)17(25-5)13-26-12-11-16(19(23)27-14)22-20(24)29-21(2,3)4/h6-10,14,16-18H,11-13H2,1-5H3,(H,22,24)/t14-,16-,17-,18-/m0/s1. The van der Waals surface area contributed by atoms with Gasteiger partial charge in [0.2, 0.25) is 0 Å². The molecule has 1 aromatic carbocycles. The molecule has 0 spiro atoms. The number of carbonyl (C=O) groups excluding carboxylic acids is 2. The van der Waals surface area contributed by atoms with E-state index in [0.29, 0.717) is 5.75 Å². The number of methoxy groups -OCH3 is 1. The lowest BCUT2D eigenvalue weighted by Gasteiger charge is -2.33. The van der Waals surface area contributed by atoms with E-state index in [0.717, 1.165) is 0 Å². The van der Waals surface area contributed by atoms with E-state index in [-0.39, 0.29) is 19.6 Å². The van der Waals surface area contributed by atoms with Crippen LogP contribution in [0.2, 0.25) is 0 Å². The summed E-state index contributed by atoms with van der Waals surface area (Å²) in [6, 6.07) is 8.33. The summed E-state index contributed by atoms with van der Waals surface area (Å²) >= 11 is 0. The van der Waals surface area contributed by atoms with Crippen molar-refractivity contribution in [2.75, 3.05) is 20.3 Å². The van der Waals surface area contributed by atoms with E-state index in [4.69, 9.17) is 23.7 Å². The average Bonchev–Trinajstić information content (AvgIpc) is 2.64. The highest BCUT2D eigenvalue weighted by Gasteiger charge is 2.35. The van der Waals surface area contributed by atoms with Crippen LogP contribution < -0.4 is 10.1 Å². The van der Waals surface area contributed by atoms with Crippen molar-refractivity contribution < 1.29 is 33.3 Å². The van der Waals surface area contributed by atoms with Crippen molar-refractivity contribution in [2.24, 2.45) is 0 Å². The molecule has 0 radical (unpaired) electrons. The number of carbonyl (C=O) groups is 2. The van der Waals surface area contributed by atoms with Gasteiger partial charge in [-0.15, -0.1) is 0 Å². The van der Waals surface area contributed by atoms with Crippen LogP contribution in [0.4, 0.5) is 4.79 Å². The number of rotatable bonds is 4. The third-order valence-corrected chi connectivity index (χ3v) is 4.26. The fraction of sp³-hybridized carbons (Fsp3) is 0.619. The fourth-order valence-electron chi connectivity index (χ4n) is 2.86. The monoisotopic (exact) mass is 409 g/mol. The molecule has 162 valence electrons. The number of para-hydroxylation sites is 1. The van der Waals surface area contributed by atoms with E-state index >= 15 is 0 Å². The van der Waals surface area contributed by atoms with Gasteiger partial charge in [-0.2, -0.15) is 0 Å². The largest absolute Gasteiger partial charge is 0.484 e. The van der Waals surface area contributed by atoms with Crippen LogP contribution in [0, 0.1) is 0 Å². The average molecular weight is 409 g/mol. The molecule has 1 saturated heterocycles. The first-order chi connectivity index (χ1) is 13.7. The van der Waals surface area contributed by atoms with Gasteiger partial charge in [-0.25, -0.2) is 9.59 Å². The highest BCUT2D eigenvalue weighted by atomic mass is 16.6. The molecule has 8 heteroatoms. The Morgan fingerprint density at radius 3 is 2.52 bits per heavy atom. The maximum absolute atomic E-state index is 12.7. The predicted octanol–water partition coefficient (Wildman–Crippen LogP) is 2.69. The summed E-state index contributed by atoms with van der Waals surface area (Å²) in [5.41, 5.74) is -0.673. The molecule has 0 saturated carbocycles. The summed E-state index contributed by atoms with van der Waals surface area (Å²) in [6.07, 6.45) is -2.10. The van der Waals surface area contributed by atoms with Crippen LogP contribution in [0.15, 0.2) is 30.3 Å². The van der Waals surface area contributed by atoms with Gasteiger partial charge in [-0.3, -0.25) is 0 Å². The maximum atomic E-state index is 12.7. The molecule has 8 nitrogen and oxygen atoms in total. The molecule has 0 aromatic heterocycles. The minimum absolute atomic E-state index is 0.238. The van der Waals surface area contributed by atoms with E-state index in [9.17, 15) is 9.59 Å². The van der Waals surface area contributed by atoms with Crippen LogP contribution in [0.5, 0.6) is 5.75 Å². The lowest BCUT2D eigenvalue weighted by molar-refractivity contribution is -0.165. The number of cyclic esters (lactones) is 1. The van der Waals surface area contributed by atoms with Crippen molar-refractivity contribution >= 4 is 12.1 Å². The molecule has 1 N–H and O–H groups in total. The number of hydrogen-bond acceptors (Lipinski definition) is 7. The summed E-state index contributed by atoms with van der Waals surface area (Å²) in [4.78, 5) is 24.8. The zero-order valence-corrected chi connectivity index (χ0v) is 17.7. The molecule has 1 fully saturated rings. The lowest BCUT2D eigenvalue weighted by Crippen LogP contribution is -2.51. The predicted molar refractivity (Wildman–Crippen MR) is 106 cm³/mol. The maximum Gasteiger partial charge on any atom is 0.408 e. The molecule has 1 heterocycles. The molecule has 1 amide bonds. The highest BCUT2D eigenvalue weighted by Crippen LogP contribution is 2.20. The molecule has 1 aliphatic heterocycles. The highest BCUT2D eigenvalue weighted by molar-refractivity contribution is 5.81. The summed E-state index contributed by atoms with van der Waals surface area (Å²) in [5, 5.41) is 2.56. The van der Waals surface area contributed by atoms with Crippen LogP contribution in [-0.2, 0) is 23.7 Å². The summed E-state index contributed by atoms with van der Waals surface area (Å²) in [5.74, 6) is 0.0494. The van der Waals surface area contributed by atoms with E-state index in [1.807, 2.05) is 30.3 Å². The van der Waals surface area contributed by atoms with Gasteiger partial charge in [-0.05, 0) is 39.8 Å². The van der Waals surface area contributed by atoms with E-state index < -0.39 is 42.0 Å². The van der Waals surface area contributed by atoms with Gasteiger partial charge < -0.3 is 29.0 Å². The Labute approximate surface area is 171 Å². The Morgan fingerprint density at radius 2 is 1.90 bits per heavy atom. The summed E-state index contributed by atoms with van der Waals surface area (Å²) in [7, 11) is 1.56. The molecule has 4 atom stereocenters. The van der Waals surface area contributed by atoms with Gasteiger partial charge in [0, 0.05) is 20.1 Å². The minimum Gasteiger partial charge on any atom is -0.484 e. The zero-order chi connectivity index (χ0) is 21.4. The second kappa shape index (κ2) is 10.5. The fourth-order valence-corrected chi connectivity index (χ4v) is 2.86. The Kier molecular flexibility index (Phi) is 8.28. The Bertz CT molecular complexity index is 659. The van der Waals surface area contributed by atoms with Crippen LogP contribution in [0.3, 0.4) is 0 Å². The first-order valence-electron chi connectivity index (χ1n) is 9.72. The van der Waals surface area contributed by atoms with Crippen molar-refractivity contribution in [3.8, 4) is 5.75 Å². The van der Waals surface area contributed by atoms with Crippen LogP contribution in [0.1, 0.15) is 34.1 Å². The molecule has 1 aromatic rings. The number of ether oxygens (including phenoxy) is 5. The van der Waals surface area contributed by atoms with E-state index in [1.165, 1.54) is 0 Å². The van der Waals surface area contributed by atoms with Crippen LogP contribution in [0.25, 0.3) is 0 Å². The van der Waals surface area contributed by atoms with E-state index in [1.54, 1.807) is 34.8 Å². The van der Waals surface area contributed by atoms with Crippen molar-refractivity contribution in [2.45, 2.75) is 64.1 Å². The van der Waals surface area contributed by atoms with Gasteiger partial charge in [0.1, 0.15) is 29.6 Å². The Morgan fingerprint density at radius 1 is 1.21 bits per heavy atom. The third kappa shape index (κ3) is 7.55. The van der Waals surface area contributed by atoms with Gasteiger partial charge in [-0.1, -0.05) is 18.2 Å². The van der Waals surface area contributed by atoms with Crippen molar-refractivity contribution in [1.29, 1.82) is 0 Å². The number of nitrogens with one attached hydrogen (secondary N) is 1. The molecule has 0 bridgehead atoms. The first kappa shape index (κ1) is 23.0. The quantitative estimate of drug-likeness (QED) is 0.765. The second-order valence-corrected chi connectivity index (χ2v) is 7.87. The number of amides is 1. The summed E-state index contributed by atoms with van der Waals surface area (Å²) < 4.78 is 28.1. The van der Waals surface area contributed by atoms with Crippen molar-refractivity contribution in [3.63, 3.8) is 0 Å². The number of benzene rings is 1. The Hall–Kier alpha value is -2.32. The van der Waals surface area contributed by atoms with Crippen LogP contribution >= 0.6 is 0 Å². The van der Waals surface area contributed by atoms with Crippen molar-refractivity contribution in [1.82, 2.24) is 5.32 Å². The number of hydrogen-bond donors (Lipinski definition) is 1. The lowest BCUT2D eigenvalue weighted by atomic mass is 10.1. The topological polar surface area (TPSA) is 92.3 Å². The van der Waals surface area contributed by atoms with Gasteiger partial charge in [0.05, 0.1) is 6.61 Å². The molecule has 2 rings (SSSR count). The zero-order valence-electron chi connectivity index (χ0n) is 17.7. The minimum atomic E-state index is -0.885. The molecule has 1 aliphatic rings. The normalized spacial score (nSPS) is 26.2. The molecular formula is C21H31NO7. The third-order valence-electron chi connectivity index (χ3n) is 4.26.